The van der Waals surface area contributed by atoms with Gasteiger partial charge in [-0.2, -0.15) is 17.9 Å². The lowest BCUT2D eigenvalue weighted by Gasteiger charge is -2.11. The Labute approximate surface area is 124 Å². The maximum absolute atomic E-state index is 13.7. The molecule has 0 aliphatic carbocycles. The molecule has 1 rings (SSSR count). The highest BCUT2D eigenvalue weighted by atomic mass is 32.2. The van der Waals surface area contributed by atoms with E-state index in [0.29, 0.717) is 12.0 Å². The predicted octanol–water partition coefficient (Wildman–Crippen LogP) is 0.892. The average molecular weight is 314 g/mol. The number of benzene rings is 1. The summed E-state index contributed by atoms with van der Waals surface area (Å²) >= 11 is 0. The smallest absolute Gasteiger partial charge is 0.277 e. The monoisotopic (exact) mass is 314 g/mol. The van der Waals surface area contributed by atoms with E-state index < -0.39 is 16.0 Å². The third kappa shape index (κ3) is 6.69. The second-order valence-corrected chi connectivity index (χ2v) is 6.21. The average Bonchev–Trinajstić information content (AvgIpc) is 2.38. The molecular weight excluding hydrogens is 295 g/mol. The highest BCUT2D eigenvalue weighted by Gasteiger charge is 2.12. The quantitative estimate of drug-likeness (QED) is 0.683. The molecule has 1 aromatic rings. The van der Waals surface area contributed by atoms with E-state index in [9.17, 15) is 12.8 Å². The first-order valence-corrected chi connectivity index (χ1v) is 7.97. The molecule has 0 aliphatic heterocycles. The summed E-state index contributed by atoms with van der Waals surface area (Å²) in [4.78, 5) is 0. The van der Waals surface area contributed by atoms with Gasteiger partial charge in [0.2, 0.25) is 0 Å². The van der Waals surface area contributed by atoms with Gasteiger partial charge in [-0.15, -0.1) is 0 Å². The van der Waals surface area contributed by atoms with Crippen molar-refractivity contribution < 1.29 is 17.9 Å². The van der Waals surface area contributed by atoms with E-state index in [2.05, 4.69) is 21.3 Å². The SMILES string of the molecule is CC(C)NS(=O)(=O)NCc1cc(C#CCCO)ccc1F. The molecule has 0 amide bonds. The third-order valence-electron chi connectivity index (χ3n) is 2.36. The van der Waals surface area contributed by atoms with Crippen LogP contribution < -0.4 is 9.44 Å². The van der Waals surface area contributed by atoms with Crippen LogP contribution in [0.25, 0.3) is 0 Å². The zero-order chi connectivity index (χ0) is 15.9. The Bertz CT molecular complexity index is 633. The van der Waals surface area contributed by atoms with Crippen LogP contribution in [0.4, 0.5) is 4.39 Å². The van der Waals surface area contributed by atoms with Crippen molar-refractivity contribution in [2.45, 2.75) is 32.9 Å². The van der Waals surface area contributed by atoms with Gasteiger partial charge in [0.05, 0.1) is 6.61 Å². The molecule has 3 N–H and O–H groups in total. The number of aliphatic hydroxyl groups is 1. The van der Waals surface area contributed by atoms with Crippen molar-refractivity contribution in [1.82, 2.24) is 9.44 Å². The van der Waals surface area contributed by atoms with E-state index in [1.807, 2.05) is 0 Å². The van der Waals surface area contributed by atoms with E-state index in [4.69, 9.17) is 5.11 Å². The fourth-order valence-corrected chi connectivity index (χ4v) is 2.58. The first-order chi connectivity index (χ1) is 9.84. The number of rotatable bonds is 6. The summed E-state index contributed by atoms with van der Waals surface area (Å²) in [7, 11) is -3.67. The van der Waals surface area contributed by atoms with Crippen LogP contribution in [-0.2, 0) is 16.8 Å². The summed E-state index contributed by atoms with van der Waals surface area (Å²) in [5.74, 6) is 4.99. The maximum atomic E-state index is 13.7. The van der Waals surface area contributed by atoms with E-state index in [0.717, 1.165) is 0 Å². The molecule has 21 heavy (non-hydrogen) atoms. The Hall–Kier alpha value is -1.46. The molecule has 0 radical (unpaired) electrons. The Balaban J connectivity index is 2.80. The molecule has 0 saturated heterocycles. The van der Waals surface area contributed by atoms with E-state index >= 15 is 0 Å². The minimum atomic E-state index is -3.67. The molecule has 0 unspecified atom stereocenters. The van der Waals surface area contributed by atoms with Crippen LogP contribution in [0.2, 0.25) is 0 Å². The Morgan fingerprint density at radius 2 is 2.10 bits per heavy atom. The molecule has 0 fully saturated rings. The summed E-state index contributed by atoms with van der Waals surface area (Å²) in [6.45, 7) is 3.18. The number of aliphatic hydroxyl groups excluding tert-OH is 1. The van der Waals surface area contributed by atoms with E-state index in [-0.39, 0.29) is 24.8 Å². The van der Waals surface area contributed by atoms with Crippen molar-refractivity contribution in [3.05, 3.63) is 35.1 Å². The summed E-state index contributed by atoms with van der Waals surface area (Å²) in [6.07, 6.45) is 0.331. The summed E-state index contributed by atoms with van der Waals surface area (Å²) in [5.41, 5.74) is 0.774. The number of nitrogens with one attached hydrogen (secondary N) is 2. The molecule has 0 atom stereocenters. The molecule has 0 aliphatic rings. The standard InChI is InChI=1S/C14H19FN2O3S/c1-11(2)17-21(19,20)16-10-13-9-12(5-3-4-8-18)6-7-14(13)15/h6-7,9,11,16-18H,4,8,10H2,1-2H3. The van der Waals surface area contributed by atoms with Gasteiger partial charge < -0.3 is 5.11 Å². The third-order valence-corrected chi connectivity index (χ3v) is 3.66. The van der Waals surface area contributed by atoms with Gasteiger partial charge in [0, 0.05) is 30.1 Å². The van der Waals surface area contributed by atoms with Gasteiger partial charge in [0.25, 0.3) is 10.2 Å². The van der Waals surface area contributed by atoms with Gasteiger partial charge in [-0.1, -0.05) is 11.8 Å². The molecule has 0 aromatic heterocycles. The number of hydrogen-bond acceptors (Lipinski definition) is 3. The predicted molar refractivity (Wildman–Crippen MR) is 79.0 cm³/mol. The molecule has 0 heterocycles. The van der Waals surface area contributed by atoms with Crippen LogP contribution in [0.15, 0.2) is 18.2 Å². The molecule has 116 valence electrons. The first-order valence-electron chi connectivity index (χ1n) is 6.49. The van der Waals surface area contributed by atoms with Crippen molar-refractivity contribution in [3.63, 3.8) is 0 Å². The topological polar surface area (TPSA) is 78.4 Å². The zero-order valence-corrected chi connectivity index (χ0v) is 12.8. The Kier molecular flexibility index (Phi) is 6.78. The molecule has 5 nitrogen and oxygen atoms in total. The largest absolute Gasteiger partial charge is 0.395 e. The van der Waals surface area contributed by atoms with Crippen LogP contribution in [0.5, 0.6) is 0 Å². The van der Waals surface area contributed by atoms with Gasteiger partial charge >= 0.3 is 0 Å². The molecule has 0 spiro atoms. The van der Waals surface area contributed by atoms with Crippen LogP contribution >= 0.6 is 0 Å². The molecule has 1 aromatic carbocycles. The second-order valence-electron chi connectivity index (χ2n) is 4.68. The van der Waals surface area contributed by atoms with E-state index in [1.165, 1.54) is 18.2 Å². The van der Waals surface area contributed by atoms with Crippen LogP contribution in [0, 0.1) is 17.7 Å². The van der Waals surface area contributed by atoms with Crippen molar-refractivity contribution in [2.75, 3.05) is 6.61 Å². The van der Waals surface area contributed by atoms with Crippen molar-refractivity contribution in [1.29, 1.82) is 0 Å². The molecule has 0 saturated carbocycles. The zero-order valence-electron chi connectivity index (χ0n) is 12.0. The summed E-state index contributed by atoms with van der Waals surface area (Å²) in [5, 5.41) is 8.64. The summed E-state index contributed by atoms with van der Waals surface area (Å²) in [6, 6.07) is 3.98. The van der Waals surface area contributed by atoms with Crippen LogP contribution in [0.3, 0.4) is 0 Å². The van der Waals surface area contributed by atoms with Gasteiger partial charge in [0.1, 0.15) is 5.82 Å². The molecule has 0 bridgehead atoms. The van der Waals surface area contributed by atoms with Gasteiger partial charge in [-0.3, -0.25) is 0 Å². The molecule has 7 heteroatoms. The van der Waals surface area contributed by atoms with E-state index in [1.54, 1.807) is 13.8 Å². The van der Waals surface area contributed by atoms with Crippen molar-refractivity contribution in [3.8, 4) is 11.8 Å². The van der Waals surface area contributed by atoms with Gasteiger partial charge in [-0.05, 0) is 32.0 Å². The maximum Gasteiger partial charge on any atom is 0.277 e. The normalized spacial score (nSPS) is 11.3. The second kappa shape index (κ2) is 8.10. The fraction of sp³-hybridized carbons (Fsp3) is 0.429. The lowest BCUT2D eigenvalue weighted by atomic mass is 10.1. The Morgan fingerprint density at radius 1 is 1.38 bits per heavy atom. The lowest BCUT2D eigenvalue weighted by molar-refractivity contribution is 0.305. The minimum absolute atomic E-state index is 0.0400. The first kappa shape index (κ1) is 17.6. The highest BCUT2D eigenvalue weighted by molar-refractivity contribution is 7.87. The molecular formula is C14H19FN2O3S. The van der Waals surface area contributed by atoms with Crippen molar-refractivity contribution in [2.24, 2.45) is 0 Å². The van der Waals surface area contributed by atoms with Crippen LogP contribution in [0.1, 0.15) is 31.4 Å². The highest BCUT2D eigenvalue weighted by Crippen LogP contribution is 2.10. The lowest BCUT2D eigenvalue weighted by Crippen LogP contribution is -2.40. The Morgan fingerprint density at radius 3 is 2.71 bits per heavy atom. The van der Waals surface area contributed by atoms with Crippen molar-refractivity contribution >= 4 is 10.2 Å². The van der Waals surface area contributed by atoms with Crippen LogP contribution in [-0.4, -0.2) is 26.2 Å². The van der Waals surface area contributed by atoms with Gasteiger partial charge in [0.15, 0.2) is 0 Å². The fourth-order valence-electron chi connectivity index (χ4n) is 1.53. The van der Waals surface area contributed by atoms with Gasteiger partial charge in [-0.25, -0.2) is 4.39 Å². The minimum Gasteiger partial charge on any atom is -0.395 e. The summed E-state index contributed by atoms with van der Waals surface area (Å²) < 4.78 is 41.5. The number of hydrogen-bond donors (Lipinski definition) is 3. The number of halogens is 1.